The van der Waals surface area contributed by atoms with Crippen LogP contribution in [0.4, 0.5) is 0 Å². The molecule has 3 aromatic heterocycles. The van der Waals surface area contributed by atoms with Crippen LogP contribution in [0.1, 0.15) is 25.0 Å². The minimum Gasteiger partial charge on any atom is -0.354 e. The van der Waals surface area contributed by atoms with Crippen molar-refractivity contribution in [3.05, 3.63) is 133 Å². The van der Waals surface area contributed by atoms with Crippen LogP contribution in [-0.4, -0.2) is 14.5 Å². The molecule has 8 aromatic rings. The summed E-state index contributed by atoms with van der Waals surface area (Å²) < 4.78 is 2.29. The number of H-pyrrole nitrogens is 1. The number of para-hydroxylation sites is 2. The van der Waals surface area contributed by atoms with Gasteiger partial charge in [-0.3, -0.25) is 4.57 Å². The van der Waals surface area contributed by atoms with E-state index in [0.29, 0.717) is 0 Å². The van der Waals surface area contributed by atoms with Crippen molar-refractivity contribution in [3.8, 4) is 28.1 Å². The van der Waals surface area contributed by atoms with Crippen LogP contribution in [0, 0.1) is 0 Å². The van der Waals surface area contributed by atoms with E-state index in [1.54, 1.807) is 0 Å². The highest BCUT2D eigenvalue weighted by Gasteiger charge is 2.35. The highest BCUT2D eigenvalue weighted by molar-refractivity contribution is 6.18. The topological polar surface area (TPSA) is 33.6 Å². The molecule has 1 aliphatic rings. The molecule has 0 radical (unpaired) electrons. The normalized spacial score (nSPS) is 13.8. The zero-order valence-electron chi connectivity index (χ0n) is 22.9. The summed E-state index contributed by atoms with van der Waals surface area (Å²) in [5.74, 6) is 0.919. The lowest BCUT2D eigenvalue weighted by Crippen LogP contribution is -2.14. The summed E-state index contributed by atoms with van der Waals surface area (Å²) in [7, 11) is 0. The molecule has 3 heterocycles. The molecule has 1 aliphatic carbocycles. The Morgan fingerprint density at radius 1 is 0.561 bits per heavy atom. The first kappa shape index (κ1) is 22.6. The molecule has 0 saturated carbocycles. The number of aromatic nitrogens is 3. The maximum Gasteiger partial charge on any atom is 0.137 e. The summed E-state index contributed by atoms with van der Waals surface area (Å²) in [6.07, 6.45) is 2.02. The van der Waals surface area contributed by atoms with Gasteiger partial charge in [-0.25, -0.2) is 4.98 Å². The maximum absolute atomic E-state index is 5.04. The Balaban J connectivity index is 1.20. The van der Waals surface area contributed by atoms with Gasteiger partial charge in [0.1, 0.15) is 5.82 Å². The van der Waals surface area contributed by atoms with Gasteiger partial charge in [-0.2, -0.15) is 0 Å². The zero-order valence-corrected chi connectivity index (χ0v) is 22.9. The third kappa shape index (κ3) is 3.06. The number of nitrogens with one attached hydrogen (secondary N) is 1. The van der Waals surface area contributed by atoms with Gasteiger partial charge in [-0.05, 0) is 70.3 Å². The van der Waals surface area contributed by atoms with E-state index in [9.17, 15) is 0 Å². The second-order valence-corrected chi connectivity index (χ2v) is 11.8. The molecule has 3 heteroatoms. The first-order valence-electron chi connectivity index (χ1n) is 14.2. The lowest BCUT2D eigenvalue weighted by atomic mass is 9.82. The predicted octanol–water partition coefficient (Wildman–Crippen LogP) is 9.79. The summed E-state index contributed by atoms with van der Waals surface area (Å²) in [6, 6.07) is 41.8. The van der Waals surface area contributed by atoms with Gasteiger partial charge < -0.3 is 4.98 Å². The highest BCUT2D eigenvalue weighted by Crippen LogP contribution is 2.49. The van der Waals surface area contributed by atoms with Crippen molar-refractivity contribution in [1.82, 2.24) is 14.5 Å². The summed E-state index contributed by atoms with van der Waals surface area (Å²) >= 11 is 0. The average Bonchev–Trinajstić information content (AvgIpc) is 3.61. The molecule has 0 spiro atoms. The highest BCUT2D eigenvalue weighted by atomic mass is 15.1. The van der Waals surface area contributed by atoms with Crippen LogP contribution < -0.4 is 0 Å². The van der Waals surface area contributed by atoms with Gasteiger partial charge in [0.15, 0.2) is 0 Å². The molecule has 0 aliphatic heterocycles. The van der Waals surface area contributed by atoms with Crippen LogP contribution in [-0.2, 0) is 5.41 Å². The quantitative estimate of drug-likeness (QED) is 0.239. The number of pyridine rings is 1. The van der Waals surface area contributed by atoms with Crippen molar-refractivity contribution < 1.29 is 0 Å². The second-order valence-electron chi connectivity index (χ2n) is 11.8. The van der Waals surface area contributed by atoms with Gasteiger partial charge in [-0.15, -0.1) is 0 Å². The van der Waals surface area contributed by atoms with E-state index in [-0.39, 0.29) is 5.41 Å². The molecule has 1 N–H and O–H groups in total. The number of fused-ring (bicyclic) bond motifs is 9. The fourth-order valence-corrected chi connectivity index (χ4v) is 7.15. The maximum atomic E-state index is 5.04. The average molecular weight is 526 g/mol. The van der Waals surface area contributed by atoms with E-state index in [0.717, 1.165) is 33.4 Å². The van der Waals surface area contributed by atoms with Crippen molar-refractivity contribution in [2.75, 3.05) is 0 Å². The van der Waals surface area contributed by atoms with E-state index in [1.165, 1.54) is 49.4 Å². The zero-order chi connectivity index (χ0) is 27.3. The number of hydrogen-bond donors (Lipinski definition) is 1. The molecule has 0 amide bonds. The number of benzene rings is 5. The Morgan fingerprint density at radius 2 is 1.32 bits per heavy atom. The fourth-order valence-electron chi connectivity index (χ4n) is 7.15. The SMILES string of the molecule is CC1(C)c2ccccc2-c2cc(-c3ccc(-n4c5ccccc5c5cc6c(cc54)[nH]c4ccccc46)nc3)ccc21. The van der Waals surface area contributed by atoms with Crippen molar-refractivity contribution >= 4 is 43.6 Å². The van der Waals surface area contributed by atoms with Crippen molar-refractivity contribution in [2.24, 2.45) is 0 Å². The Labute approximate surface area is 237 Å². The molecular weight excluding hydrogens is 498 g/mol. The molecule has 0 saturated heterocycles. The van der Waals surface area contributed by atoms with Crippen LogP contribution in [0.25, 0.3) is 71.7 Å². The first-order valence-corrected chi connectivity index (χ1v) is 14.2. The molecule has 0 atom stereocenters. The molecule has 0 bridgehead atoms. The predicted molar refractivity (Wildman–Crippen MR) is 171 cm³/mol. The molecule has 194 valence electrons. The molecule has 9 rings (SSSR count). The summed E-state index contributed by atoms with van der Waals surface area (Å²) in [5.41, 5.74) is 12.4. The first-order chi connectivity index (χ1) is 20.1. The molecule has 0 unspecified atom stereocenters. The Hall–Kier alpha value is -5.15. The third-order valence-corrected chi connectivity index (χ3v) is 9.19. The minimum absolute atomic E-state index is 0.0134. The second kappa shape index (κ2) is 7.96. The number of aromatic amines is 1. The Kier molecular flexibility index (Phi) is 4.39. The van der Waals surface area contributed by atoms with E-state index in [1.807, 2.05) is 6.20 Å². The van der Waals surface area contributed by atoms with Gasteiger partial charge in [0, 0.05) is 49.8 Å². The van der Waals surface area contributed by atoms with Gasteiger partial charge in [0.2, 0.25) is 0 Å². The minimum atomic E-state index is 0.0134. The van der Waals surface area contributed by atoms with Gasteiger partial charge in [0.25, 0.3) is 0 Å². The Morgan fingerprint density at radius 3 is 2.20 bits per heavy atom. The van der Waals surface area contributed by atoms with Crippen LogP contribution in [0.5, 0.6) is 0 Å². The van der Waals surface area contributed by atoms with E-state index >= 15 is 0 Å². The van der Waals surface area contributed by atoms with E-state index < -0.39 is 0 Å². The molecule has 5 aromatic carbocycles. The van der Waals surface area contributed by atoms with E-state index in [4.69, 9.17) is 4.98 Å². The monoisotopic (exact) mass is 525 g/mol. The largest absolute Gasteiger partial charge is 0.354 e. The molecular formula is C38H27N3. The number of rotatable bonds is 2. The van der Waals surface area contributed by atoms with Gasteiger partial charge >= 0.3 is 0 Å². The summed E-state index contributed by atoms with van der Waals surface area (Å²) in [4.78, 5) is 8.66. The van der Waals surface area contributed by atoms with Gasteiger partial charge in [-0.1, -0.05) is 86.6 Å². The summed E-state index contributed by atoms with van der Waals surface area (Å²) in [5, 5.41) is 4.98. The van der Waals surface area contributed by atoms with Crippen LogP contribution in [0.2, 0.25) is 0 Å². The molecule has 3 nitrogen and oxygen atoms in total. The molecule has 0 fully saturated rings. The van der Waals surface area contributed by atoms with Crippen molar-refractivity contribution in [3.63, 3.8) is 0 Å². The van der Waals surface area contributed by atoms with Crippen molar-refractivity contribution in [1.29, 1.82) is 0 Å². The van der Waals surface area contributed by atoms with E-state index in [2.05, 4.69) is 139 Å². The number of nitrogens with zero attached hydrogens (tertiary/aromatic N) is 2. The smallest absolute Gasteiger partial charge is 0.137 e. The molecule has 41 heavy (non-hydrogen) atoms. The van der Waals surface area contributed by atoms with Crippen LogP contribution in [0.15, 0.2) is 121 Å². The Bertz CT molecular complexity index is 2330. The van der Waals surface area contributed by atoms with Crippen molar-refractivity contribution in [2.45, 2.75) is 19.3 Å². The number of hydrogen-bond acceptors (Lipinski definition) is 1. The lowest BCUT2D eigenvalue weighted by molar-refractivity contribution is 0.660. The van der Waals surface area contributed by atoms with Gasteiger partial charge in [0.05, 0.1) is 11.0 Å². The third-order valence-electron chi connectivity index (χ3n) is 9.19. The summed E-state index contributed by atoms with van der Waals surface area (Å²) in [6.45, 7) is 4.64. The lowest BCUT2D eigenvalue weighted by Gasteiger charge is -2.21. The van der Waals surface area contributed by atoms with Crippen LogP contribution in [0.3, 0.4) is 0 Å². The van der Waals surface area contributed by atoms with Crippen LogP contribution >= 0.6 is 0 Å². The standard InChI is InChI=1S/C38H27N3/c1-38(2)31-12-6-3-9-25(31)28-19-23(15-17-32(28)38)24-16-18-37(39-22-24)41-35-14-8-5-11-27(35)30-20-29-26-10-4-7-13-33(26)40-34(29)21-36(30)41/h3-22,40H,1-2H3. The fraction of sp³-hybridized carbons (Fsp3) is 0.0789.